The number of hydrogen-bond donors (Lipinski definition) is 1. The summed E-state index contributed by atoms with van der Waals surface area (Å²) in [6.45, 7) is 0. The molecule has 2 aromatic heterocycles. The topological polar surface area (TPSA) is 65.2 Å². The van der Waals surface area contributed by atoms with E-state index in [1.165, 1.54) is 0 Å². The highest BCUT2D eigenvalue weighted by atomic mass is 16.5. The van der Waals surface area contributed by atoms with Crippen molar-refractivity contribution in [2.45, 2.75) is 0 Å². The molecule has 0 amide bonds. The summed E-state index contributed by atoms with van der Waals surface area (Å²) in [6.07, 6.45) is 3.19. The van der Waals surface area contributed by atoms with Crippen LogP contribution in [-0.2, 0) is 0 Å². The maximum Gasteiger partial charge on any atom is 0.180 e. The van der Waals surface area contributed by atoms with Crippen molar-refractivity contribution in [3.8, 4) is 22.5 Å². The summed E-state index contributed by atoms with van der Waals surface area (Å²) in [5, 5.41) is 3.81. The van der Waals surface area contributed by atoms with Crippen molar-refractivity contribution in [3.05, 3.63) is 48.9 Å². The molecule has 2 heterocycles. The van der Waals surface area contributed by atoms with Crippen molar-refractivity contribution < 1.29 is 8.94 Å². The predicted octanol–water partition coefficient (Wildman–Crippen LogP) is 3.18. The fourth-order valence-corrected chi connectivity index (χ4v) is 1.78. The van der Waals surface area contributed by atoms with Crippen LogP contribution in [0.4, 0.5) is 5.82 Å². The second-order valence-electron chi connectivity index (χ2n) is 3.65. The van der Waals surface area contributed by atoms with Gasteiger partial charge < -0.3 is 14.7 Å². The van der Waals surface area contributed by atoms with E-state index in [-0.39, 0.29) is 0 Å². The van der Waals surface area contributed by atoms with Gasteiger partial charge in [-0.1, -0.05) is 35.5 Å². The first-order valence-electron chi connectivity index (χ1n) is 5.19. The molecule has 0 spiro atoms. The van der Waals surface area contributed by atoms with Gasteiger partial charge in [0.15, 0.2) is 11.6 Å². The summed E-state index contributed by atoms with van der Waals surface area (Å²) in [5.41, 5.74) is 8.44. The third-order valence-electron chi connectivity index (χ3n) is 2.56. The highest BCUT2D eigenvalue weighted by Crippen LogP contribution is 2.36. The summed E-state index contributed by atoms with van der Waals surface area (Å²) in [5.74, 6) is 1.01. The molecule has 84 valence electrons. The van der Waals surface area contributed by atoms with Crippen LogP contribution in [0.1, 0.15) is 0 Å². The molecule has 1 aromatic carbocycles. The van der Waals surface area contributed by atoms with E-state index in [4.69, 9.17) is 14.7 Å². The molecule has 0 aliphatic rings. The predicted molar refractivity (Wildman–Crippen MR) is 64.1 cm³/mol. The monoisotopic (exact) mass is 226 g/mol. The average molecular weight is 226 g/mol. The Morgan fingerprint density at radius 2 is 1.82 bits per heavy atom. The van der Waals surface area contributed by atoms with E-state index >= 15 is 0 Å². The van der Waals surface area contributed by atoms with E-state index in [9.17, 15) is 0 Å². The second-order valence-corrected chi connectivity index (χ2v) is 3.65. The number of nitrogens with two attached hydrogens (primary N) is 1. The number of rotatable bonds is 2. The lowest BCUT2D eigenvalue weighted by molar-refractivity contribution is 0.435. The largest absolute Gasteiger partial charge is 0.472 e. The smallest absolute Gasteiger partial charge is 0.180 e. The molecule has 17 heavy (non-hydrogen) atoms. The number of anilines is 1. The van der Waals surface area contributed by atoms with Gasteiger partial charge in [0, 0.05) is 0 Å². The summed E-state index contributed by atoms with van der Waals surface area (Å²) < 4.78 is 10.3. The van der Waals surface area contributed by atoms with Crippen LogP contribution >= 0.6 is 0 Å². The Labute approximate surface area is 97.6 Å². The molecule has 0 aliphatic heterocycles. The van der Waals surface area contributed by atoms with Crippen LogP contribution in [0.3, 0.4) is 0 Å². The Morgan fingerprint density at radius 1 is 1.00 bits per heavy atom. The molecule has 0 radical (unpaired) electrons. The second kappa shape index (κ2) is 3.83. The van der Waals surface area contributed by atoms with Gasteiger partial charge in [0.25, 0.3) is 0 Å². The Morgan fingerprint density at radius 3 is 2.53 bits per heavy atom. The molecule has 0 bridgehead atoms. The van der Waals surface area contributed by atoms with E-state index in [0.717, 1.165) is 16.7 Å². The lowest BCUT2D eigenvalue weighted by Crippen LogP contribution is -1.88. The normalized spacial score (nSPS) is 10.6. The summed E-state index contributed by atoms with van der Waals surface area (Å²) in [4.78, 5) is 0. The van der Waals surface area contributed by atoms with E-state index in [2.05, 4.69) is 5.16 Å². The Kier molecular flexibility index (Phi) is 2.19. The molecule has 0 unspecified atom stereocenters. The number of benzene rings is 1. The zero-order chi connectivity index (χ0) is 11.7. The highest BCUT2D eigenvalue weighted by Gasteiger charge is 2.17. The maximum absolute atomic E-state index is 5.84. The van der Waals surface area contributed by atoms with Crippen LogP contribution < -0.4 is 5.73 Å². The number of furan rings is 1. The third kappa shape index (κ3) is 1.59. The van der Waals surface area contributed by atoms with Gasteiger partial charge in [-0.05, 0) is 11.6 Å². The number of nitrogen functional groups attached to an aromatic ring is 1. The summed E-state index contributed by atoms with van der Waals surface area (Å²) in [7, 11) is 0. The van der Waals surface area contributed by atoms with Crippen LogP contribution in [0.5, 0.6) is 0 Å². The van der Waals surface area contributed by atoms with Gasteiger partial charge in [-0.2, -0.15) is 0 Å². The average Bonchev–Trinajstić information content (AvgIpc) is 2.98. The molecule has 3 aromatic rings. The first kappa shape index (κ1) is 9.72. The minimum Gasteiger partial charge on any atom is -0.472 e. The van der Waals surface area contributed by atoms with E-state index in [0.29, 0.717) is 11.6 Å². The molecule has 4 heteroatoms. The first-order chi connectivity index (χ1) is 8.36. The number of aromatic nitrogens is 1. The van der Waals surface area contributed by atoms with Gasteiger partial charge in [-0.25, -0.2) is 0 Å². The zero-order valence-corrected chi connectivity index (χ0v) is 8.96. The molecule has 0 atom stereocenters. The van der Waals surface area contributed by atoms with Crippen LogP contribution in [0.25, 0.3) is 22.5 Å². The number of nitrogens with zero attached hydrogens (tertiary/aromatic N) is 1. The van der Waals surface area contributed by atoms with Gasteiger partial charge in [0.05, 0.1) is 17.4 Å². The quantitative estimate of drug-likeness (QED) is 0.728. The fraction of sp³-hybridized carbons (Fsp3) is 0. The van der Waals surface area contributed by atoms with Gasteiger partial charge in [0.2, 0.25) is 0 Å². The van der Waals surface area contributed by atoms with Crippen LogP contribution in [0, 0.1) is 0 Å². The van der Waals surface area contributed by atoms with Crippen molar-refractivity contribution in [1.82, 2.24) is 5.16 Å². The van der Waals surface area contributed by atoms with Crippen LogP contribution in [-0.4, -0.2) is 5.16 Å². The van der Waals surface area contributed by atoms with Crippen molar-refractivity contribution in [3.63, 3.8) is 0 Å². The SMILES string of the molecule is Nc1noc(-c2ccoc2)c1-c1ccccc1. The first-order valence-corrected chi connectivity index (χ1v) is 5.19. The van der Waals surface area contributed by atoms with Gasteiger partial charge in [-0.3, -0.25) is 0 Å². The molecule has 2 N–H and O–H groups in total. The Balaban J connectivity index is 2.20. The van der Waals surface area contributed by atoms with E-state index in [1.54, 1.807) is 12.5 Å². The standard InChI is InChI=1S/C13H10N2O2/c14-13-11(9-4-2-1-3-5-9)12(17-15-13)10-6-7-16-8-10/h1-8H,(H2,14,15). The Hall–Kier alpha value is -2.49. The molecule has 0 saturated heterocycles. The molecule has 0 saturated carbocycles. The number of hydrogen-bond acceptors (Lipinski definition) is 4. The highest BCUT2D eigenvalue weighted by molar-refractivity contribution is 5.86. The van der Waals surface area contributed by atoms with Crippen LogP contribution in [0.2, 0.25) is 0 Å². The molecular weight excluding hydrogens is 216 g/mol. The fourth-order valence-electron chi connectivity index (χ4n) is 1.78. The van der Waals surface area contributed by atoms with Gasteiger partial charge in [0.1, 0.15) is 6.26 Å². The molecule has 3 rings (SSSR count). The van der Waals surface area contributed by atoms with Gasteiger partial charge >= 0.3 is 0 Å². The lowest BCUT2D eigenvalue weighted by Gasteiger charge is -1.99. The van der Waals surface area contributed by atoms with Crippen LogP contribution in [0.15, 0.2) is 57.9 Å². The molecule has 4 nitrogen and oxygen atoms in total. The van der Waals surface area contributed by atoms with Gasteiger partial charge in [-0.15, -0.1) is 0 Å². The lowest BCUT2D eigenvalue weighted by atomic mass is 10.0. The zero-order valence-electron chi connectivity index (χ0n) is 8.96. The van der Waals surface area contributed by atoms with Crippen molar-refractivity contribution in [1.29, 1.82) is 0 Å². The molecular formula is C13H10N2O2. The minimum atomic E-state index is 0.382. The minimum absolute atomic E-state index is 0.382. The maximum atomic E-state index is 5.84. The van der Waals surface area contributed by atoms with E-state index in [1.807, 2.05) is 36.4 Å². The summed E-state index contributed by atoms with van der Waals surface area (Å²) >= 11 is 0. The third-order valence-corrected chi connectivity index (χ3v) is 2.56. The molecule has 0 fully saturated rings. The van der Waals surface area contributed by atoms with E-state index < -0.39 is 0 Å². The summed E-state index contributed by atoms with van der Waals surface area (Å²) in [6, 6.07) is 11.6. The molecule has 0 aliphatic carbocycles. The van der Waals surface area contributed by atoms with Crippen molar-refractivity contribution >= 4 is 5.82 Å². The van der Waals surface area contributed by atoms with Crippen molar-refractivity contribution in [2.24, 2.45) is 0 Å². The Bertz CT molecular complexity index is 612. The van der Waals surface area contributed by atoms with Crippen molar-refractivity contribution in [2.75, 3.05) is 5.73 Å².